The topological polar surface area (TPSA) is 57.6 Å². The molecule has 0 aromatic rings. The highest BCUT2D eigenvalue weighted by Crippen LogP contribution is 2.61. The number of rotatable bonds is 4. The standard InChI is InChI=1S/C15H21NO3/c17-8-16(13-1-2-13)15(14(18)19)11-4-9-3-10(6-11)7-12(15)5-9/h8-13H,1-7H2,(H,18,19). The summed E-state index contributed by atoms with van der Waals surface area (Å²) < 4.78 is 0. The summed E-state index contributed by atoms with van der Waals surface area (Å²) in [4.78, 5) is 25.4. The van der Waals surface area contributed by atoms with Crippen molar-refractivity contribution >= 4 is 12.4 Å². The first kappa shape index (κ1) is 11.7. The molecule has 5 saturated carbocycles. The van der Waals surface area contributed by atoms with E-state index in [0.29, 0.717) is 0 Å². The maximum Gasteiger partial charge on any atom is 0.330 e. The monoisotopic (exact) mass is 263 g/mol. The third-order valence-corrected chi connectivity index (χ3v) is 6.21. The maximum atomic E-state index is 12.1. The zero-order valence-electron chi connectivity index (χ0n) is 11.1. The van der Waals surface area contributed by atoms with Crippen molar-refractivity contribution in [2.45, 2.75) is 56.5 Å². The molecular formula is C15H21NO3. The summed E-state index contributed by atoms with van der Waals surface area (Å²) in [5.74, 6) is 1.12. The smallest absolute Gasteiger partial charge is 0.330 e. The molecule has 0 heterocycles. The van der Waals surface area contributed by atoms with Gasteiger partial charge in [0, 0.05) is 6.04 Å². The average Bonchev–Trinajstić information content (AvgIpc) is 3.16. The van der Waals surface area contributed by atoms with Crippen molar-refractivity contribution < 1.29 is 14.7 Å². The van der Waals surface area contributed by atoms with Crippen LogP contribution in [0.15, 0.2) is 0 Å². The lowest BCUT2D eigenvalue weighted by Gasteiger charge is -2.61. The van der Waals surface area contributed by atoms with E-state index < -0.39 is 11.5 Å². The normalized spacial score (nSPS) is 47.2. The number of carbonyl (C=O) groups excluding carboxylic acids is 1. The second kappa shape index (κ2) is 3.74. The van der Waals surface area contributed by atoms with Gasteiger partial charge in [-0.25, -0.2) is 4.79 Å². The van der Waals surface area contributed by atoms with Gasteiger partial charge in [0.1, 0.15) is 5.54 Å². The third-order valence-electron chi connectivity index (χ3n) is 6.21. The largest absolute Gasteiger partial charge is 0.479 e. The van der Waals surface area contributed by atoms with Crippen molar-refractivity contribution in [1.29, 1.82) is 0 Å². The van der Waals surface area contributed by atoms with E-state index in [9.17, 15) is 14.7 Å². The maximum absolute atomic E-state index is 12.1. The van der Waals surface area contributed by atoms with Crippen molar-refractivity contribution in [3.63, 3.8) is 0 Å². The molecule has 19 heavy (non-hydrogen) atoms. The zero-order valence-corrected chi connectivity index (χ0v) is 11.1. The molecule has 0 radical (unpaired) electrons. The third kappa shape index (κ3) is 1.40. The molecule has 0 spiro atoms. The van der Waals surface area contributed by atoms with Gasteiger partial charge in [-0.05, 0) is 68.6 Å². The molecule has 0 aliphatic heterocycles. The first-order valence-corrected chi connectivity index (χ1v) is 7.63. The Bertz CT molecular complexity index is 401. The van der Waals surface area contributed by atoms with Crippen LogP contribution in [0.5, 0.6) is 0 Å². The van der Waals surface area contributed by atoms with Crippen LogP contribution in [0.25, 0.3) is 0 Å². The fourth-order valence-corrected chi connectivity index (χ4v) is 5.61. The Morgan fingerprint density at radius 1 is 1.05 bits per heavy atom. The van der Waals surface area contributed by atoms with Gasteiger partial charge >= 0.3 is 5.97 Å². The van der Waals surface area contributed by atoms with Crippen LogP contribution in [0.2, 0.25) is 0 Å². The Morgan fingerprint density at radius 2 is 1.58 bits per heavy atom. The van der Waals surface area contributed by atoms with Gasteiger partial charge in [-0.2, -0.15) is 0 Å². The van der Waals surface area contributed by atoms with E-state index in [1.54, 1.807) is 4.90 Å². The molecular weight excluding hydrogens is 242 g/mol. The van der Waals surface area contributed by atoms with Crippen LogP contribution in [-0.4, -0.2) is 34.0 Å². The molecule has 4 nitrogen and oxygen atoms in total. The number of carboxylic acids is 1. The fraction of sp³-hybridized carbons (Fsp3) is 0.867. The summed E-state index contributed by atoms with van der Waals surface area (Å²) in [7, 11) is 0. The van der Waals surface area contributed by atoms with E-state index in [0.717, 1.165) is 56.8 Å². The second-order valence-corrected chi connectivity index (χ2v) is 7.18. The highest BCUT2D eigenvalue weighted by Gasteiger charge is 2.65. The fourth-order valence-electron chi connectivity index (χ4n) is 5.61. The Balaban J connectivity index is 1.78. The molecule has 104 valence electrons. The minimum Gasteiger partial charge on any atom is -0.479 e. The Hall–Kier alpha value is -1.06. The van der Waals surface area contributed by atoms with Crippen LogP contribution in [0.1, 0.15) is 44.9 Å². The van der Waals surface area contributed by atoms with E-state index in [1.165, 1.54) is 6.42 Å². The highest BCUT2D eigenvalue weighted by atomic mass is 16.4. The van der Waals surface area contributed by atoms with Crippen molar-refractivity contribution in [1.82, 2.24) is 4.90 Å². The van der Waals surface area contributed by atoms with Gasteiger partial charge in [-0.3, -0.25) is 4.79 Å². The number of amides is 1. The quantitative estimate of drug-likeness (QED) is 0.788. The number of nitrogens with zero attached hydrogens (tertiary/aromatic N) is 1. The van der Waals surface area contributed by atoms with Crippen LogP contribution in [0.3, 0.4) is 0 Å². The van der Waals surface area contributed by atoms with Crippen molar-refractivity contribution in [3.05, 3.63) is 0 Å². The van der Waals surface area contributed by atoms with Crippen LogP contribution < -0.4 is 0 Å². The van der Waals surface area contributed by atoms with Gasteiger partial charge in [-0.1, -0.05) is 0 Å². The molecule has 0 saturated heterocycles. The number of carboxylic acid groups (broad SMARTS) is 1. The molecule has 5 rings (SSSR count). The van der Waals surface area contributed by atoms with Crippen LogP contribution in [0, 0.1) is 23.7 Å². The minimum atomic E-state index is -0.865. The van der Waals surface area contributed by atoms with Gasteiger partial charge in [0.15, 0.2) is 0 Å². The highest BCUT2D eigenvalue weighted by molar-refractivity contribution is 5.83. The van der Waals surface area contributed by atoms with Gasteiger partial charge < -0.3 is 10.0 Å². The molecule has 1 N–H and O–H groups in total. The van der Waals surface area contributed by atoms with E-state index in [-0.39, 0.29) is 17.9 Å². The van der Waals surface area contributed by atoms with Crippen molar-refractivity contribution in [3.8, 4) is 0 Å². The summed E-state index contributed by atoms with van der Waals surface area (Å²) in [5, 5.41) is 9.97. The molecule has 0 aromatic heterocycles. The lowest BCUT2D eigenvalue weighted by molar-refractivity contribution is -0.187. The van der Waals surface area contributed by atoms with Crippen molar-refractivity contribution in [2.75, 3.05) is 0 Å². The molecule has 5 aliphatic rings. The molecule has 0 unspecified atom stereocenters. The number of aliphatic carboxylic acids is 1. The van der Waals surface area contributed by atoms with Crippen molar-refractivity contribution in [2.24, 2.45) is 23.7 Å². The van der Waals surface area contributed by atoms with Gasteiger partial charge in [0.25, 0.3) is 0 Å². The van der Waals surface area contributed by atoms with Crippen LogP contribution in [0.4, 0.5) is 0 Å². The minimum absolute atomic E-state index is 0.200. The Labute approximate surface area is 113 Å². The first-order chi connectivity index (χ1) is 9.16. The molecule has 1 amide bonds. The Kier molecular flexibility index (Phi) is 2.31. The van der Waals surface area contributed by atoms with E-state index in [1.807, 2.05) is 0 Å². The number of hydrogen-bond acceptors (Lipinski definition) is 2. The summed E-state index contributed by atoms with van der Waals surface area (Å²) in [6, 6.07) is 0.200. The average molecular weight is 263 g/mol. The van der Waals surface area contributed by atoms with Gasteiger partial charge in [0.05, 0.1) is 0 Å². The summed E-state index contributed by atoms with van der Waals surface area (Å²) in [6.45, 7) is 0. The Morgan fingerprint density at radius 3 is 1.95 bits per heavy atom. The van der Waals surface area contributed by atoms with E-state index >= 15 is 0 Å². The predicted octanol–water partition coefficient (Wildman–Crippen LogP) is 1.89. The summed E-state index contributed by atoms with van der Waals surface area (Å²) >= 11 is 0. The van der Waals surface area contributed by atoms with E-state index in [4.69, 9.17) is 0 Å². The summed E-state index contributed by atoms with van der Waals surface area (Å²) in [5.41, 5.74) is -0.865. The molecule has 4 bridgehead atoms. The number of hydrogen-bond donors (Lipinski definition) is 1. The molecule has 4 heteroatoms. The molecule has 5 aliphatic carbocycles. The van der Waals surface area contributed by atoms with Crippen LogP contribution in [-0.2, 0) is 9.59 Å². The van der Waals surface area contributed by atoms with Gasteiger partial charge in [0.2, 0.25) is 6.41 Å². The predicted molar refractivity (Wildman–Crippen MR) is 68.3 cm³/mol. The molecule has 5 fully saturated rings. The lowest BCUT2D eigenvalue weighted by Crippen LogP contribution is -2.70. The van der Waals surface area contributed by atoms with Gasteiger partial charge in [-0.15, -0.1) is 0 Å². The molecule has 0 atom stereocenters. The lowest BCUT2D eigenvalue weighted by atomic mass is 9.48. The SMILES string of the molecule is O=CN(C1CC1)C1(C(=O)O)C2CC3CC(C2)CC1C3. The first-order valence-electron chi connectivity index (χ1n) is 7.63. The van der Waals surface area contributed by atoms with Crippen LogP contribution >= 0.6 is 0 Å². The molecule has 0 aromatic carbocycles. The number of carbonyl (C=O) groups is 2. The van der Waals surface area contributed by atoms with E-state index in [2.05, 4.69) is 0 Å². The second-order valence-electron chi connectivity index (χ2n) is 7.18. The zero-order chi connectivity index (χ0) is 13.2. The summed E-state index contributed by atoms with van der Waals surface area (Å²) in [6.07, 6.45) is 8.21.